The van der Waals surface area contributed by atoms with E-state index >= 15 is 0 Å². The Morgan fingerprint density at radius 2 is 1.79 bits per heavy atom. The fourth-order valence-corrected chi connectivity index (χ4v) is 5.63. The van der Waals surface area contributed by atoms with Crippen molar-refractivity contribution >= 4 is 27.5 Å². The van der Waals surface area contributed by atoms with Crippen LogP contribution in [-0.2, 0) is 17.9 Å². The number of nitrogens with one attached hydrogen (secondary N) is 1. The van der Waals surface area contributed by atoms with Gasteiger partial charge in [0, 0.05) is 55.8 Å². The maximum absolute atomic E-state index is 13.4. The maximum Gasteiger partial charge on any atom is 0.222 e. The number of nitrogens with zero attached hydrogens (tertiary/aromatic N) is 2. The largest absolute Gasteiger partial charge is 0.385 e. The van der Waals surface area contributed by atoms with E-state index in [0.29, 0.717) is 18.9 Å². The molecule has 1 fully saturated rings. The zero-order chi connectivity index (χ0) is 22.9. The molecule has 4 nitrogen and oxygen atoms in total. The van der Waals surface area contributed by atoms with Gasteiger partial charge in [0.15, 0.2) is 0 Å². The summed E-state index contributed by atoms with van der Waals surface area (Å²) < 4.78 is 1.07. The third kappa shape index (κ3) is 7.58. The molecule has 33 heavy (non-hydrogen) atoms. The lowest BCUT2D eigenvalue weighted by Crippen LogP contribution is -2.38. The Morgan fingerprint density at radius 3 is 2.61 bits per heavy atom. The van der Waals surface area contributed by atoms with Crippen molar-refractivity contribution in [3.05, 3.63) is 64.1 Å². The van der Waals surface area contributed by atoms with Gasteiger partial charge in [-0.1, -0.05) is 78.4 Å². The average Bonchev–Trinajstić information content (AvgIpc) is 2.88. The summed E-state index contributed by atoms with van der Waals surface area (Å²) in [7, 11) is 0. The minimum atomic E-state index is 0.311. The quantitative estimate of drug-likeness (QED) is 0.500. The van der Waals surface area contributed by atoms with E-state index in [0.717, 1.165) is 61.6 Å². The predicted octanol–water partition coefficient (Wildman–Crippen LogP) is 6.46. The Morgan fingerprint density at radius 1 is 0.970 bits per heavy atom. The lowest BCUT2D eigenvalue weighted by molar-refractivity contribution is -0.132. The molecule has 2 aromatic rings. The van der Waals surface area contributed by atoms with Crippen molar-refractivity contribution in [1.82, 2.24) is 9.80 Å². The molecule has 0 saturated heterocycles. The summed E-state index contributed by atoms with van der Waals surface area (Å²) in [6.07, 6.45) is 9.46. The number of fused-ring (bicyclic) bond motifs is 1. The van der Waals surface area contributed by atoms with Crippen LogP contribution in [0.5, 0.6) is 0 Å². The summed E-state index contributed by atoms with van der Waals surface area (Å²) >= 11 is 3.63. The second-order valence-corrected chi connectivity index (χ2v) is 10.6. The van der Waals surface area contributed by atoms with Crippen LogP contribution in [0.25, 0.3) is 0 Å². The van der Waals surface area contributed by atoms with Crippen LogP contribution in [-0.4, -0.2) is 41.9 Å². The second kappa shape index (κ2) is 12.6. The van der Waals surface area contributed by atoms with Crippen LogP contribution in [0.4, 0.5) is 5.69 Å². The van der Waals surface area contributed by atoms with Crippen molar-refractivity contribution in [2.45, 2.75) is 64.5 Å². The van der Waals surface area contributed by atoms with E-state index < -0.39 is 0 Å². The molecule has 5 heteroatoms. The number of hydrogen-bond acceptors (Lipinski definition) is 3. The van der Waals surface area contributed by atoms with Gasteiger partial charge < -0.3 is 10.2 Å². The molecule has 1 aliphatic heterocycles. The molecular weight excluding hydrogens is 474 g/mol. The van der Waals surface area contributed by atoms with Crippen molar-refractivity contribution in [3.8, 4) is 0 Å². The number of benzene rings is 2. The van der Waals surface area contributed by atoms with Gasteiger partial charge in [-0.05, 0) is 48.1 Å². The van der Waals surface area contributed by atoms with E-state index in [-0.39, 0.29) is 0 Å². The average molecular weight is 513 g/mol. The summed E-state index contributed by atoms with van der Waals surface area (Å²) in [5.41, 5.74) is 3.69. The van der Waals surface area contributed by atoms with Gasteiger partial charge in [0.05, 0.1) is 0 Å². The molecule has 2 aromatic carbocycles. The third-order valence-electron chi connectivity index (χ3n) is 7.17. The molecule has 0 bridgehead atoms. The van der Waals surface area contributed by atoms with Crippen LogP contribution in [0, 0.1) is 5.92 Å². The molecule has 0 aromatic heterocycles. The zero-order valence-electron chi connectivity index (χ0n) is 19.8. The first kappa shape index (κ1) is 24.3. The Labute approximate surface area is 207 Å². The minimum absolute atomic E-state index is 0.311. The Kier molecular flexibility index (Phi) is 9.25. The van der Waals surface area contributed by atoms with Crippen molar-refractivity contribution in [2.24, 2.45) is 5.92 Å². The second-order valence-electron chi connectivity index (χ2n) is 9.70. The summed E-state index contributed by atoms with van der Waals surface area (Å²) in [5.74, 6) is 1.05. The molecule has 1 amide bonds. The van der Waals surface area contributed by atoms with Gasteiger partial charge in [0.2, 0.25) is 5.91 Å². The molecule has 1 heterocycles. The summed E-state index contributed by atoms with van der Waals surface area (Å²) in [6.45, 7) is 5.26. The van der Waals surface area contributed by atoms with E-state index in [2.05, 4.69) is 79.6 Å². The molecule has 0 radical (unpaired) electrons. The lowest BCUT2D eigenvalue weighted by Gasteiger charge is -2.29. The number of anilines is 1. The fourth-order valence-electron chi connectivity index (χ4n) is 5.22. The SMILES string of the molecule is O=C(CCC1CCCCC1)N1CCN(Cc2ccccc2)CCCNc2ccc(Br)cc2C1. The van der Waals surface area contributed by atoms with Crippen LogP contribution in [0.15, 0.2) is 53.0 Å². The summed E-state index contributed by atoms with van der Waals surface area (Å²) in [5, 5.41) is 3.63. The van der Waals surface area contributed by atoms with Crippen LogP contribution >= 0.6 is 15.9 Å². The smallest absolute Gasteiger partial charge is 0.222 e. The van der Waals surface area contributed by atoms with Gasteiger partial charge in [-0.2, -0.15) is 0 Å². The first-order valence-corrected chi connectivity index (χ1v) is 13.5. The van der Waals surface area contributed by atoms with Crippen LogP contribution < -0.4 is 5.32 Å². The number of halogens is 1. The van der Waals surface area contributed by atoms with Gasteiger partial charge in [-0.15, -0.1) is 0 Å². The zero-order valence-corrected chi connectivity index (χ0v) is 21.4. The molecule has 1 saturated carbocycles. The first-order chi connectivity index (χ1) is 16.2. The highest BCUT2D eigenvalue weighted by atomic mass is 79.9. The molecule has 0 unspecified atom stereocenters. The highest BCUT2D eigenvalue weighted by molar-refractivity contribution is 9.10. The number of hydrogen-bond donors (Lipinski definition) is 1. The van der Waals surface area contributed by atoms with E-state index in [1.165, 1.54) is 43.2 Å². The van der Waals surface area contributed by atoms with Gasteiger partial charge in [-0.3, -0.25) is 9.69 Å². The highest BCUT2D eigenvalue weighted by Crippen LogP contribution is 2.28. The lowest BCUT2D eigenvalue weighted by atomic mass is 9.86. The van der Waals surface area contributed by atoms with Crippen molar-refractivity contribution in [2.75, 3.05) is 31.5 Å². The van der Waals surface area contributed by atoms with E-state index in [1.807, 2.05) is 0 Å². The molecule has 1 N–H and O–H groups in total. The number of carbonyl (C=O) groups is 1. The third-order valence-corrected chi connectivity index (χ3v) is 7.67. The highest BCUT2D eigenvalue weighted by Gasteiger charge is 2.21. The monoisotopic (exact) mass is 511 g/mol. The summed E-state index contributed by atoms with van der Waals surface area (Å²) in [4.78, 5) is 18.0. The number of amides is 1. The molecule has 178 valence electrons. The Bertz CT molecular complexity index is 882. The topological polar surface area (TPSA) is 35.6 Å². The molecule has 4 rings (SSSR count). The van der Waals surface area contributed by atoms with E-state index in [9.17, 15) is 4.79 Å². The molecule has 2 aliphatic rings. The van der Waals surface area contributed by atoms with Crippen LogP contribution in [0.3, 0.4) is 0 Å². The van der Waals surface area contributed by atoms with Gasteiger partial charge in [-0.25, -0.2) is 0 Å². The van der Waals surface area contributed by atoms with Gasteiger partial charge in [0.1, 0.15) is 0 Å². The van der Waals surface area contributed by atoms with E-state index in [4.69, 9.17) is 0 Å². The van der Waals surface area contributed by atoms with Crippen LogP contribution in [0.2, 0.25) is 0 Å². The Hall–Kier alpha value is -1.85. The maximum atomic E-state index is 13.4. The molecule has 0 atom stereocenters. The van der Waals surface area contributed by atoms with Gasteiger partial charge in [0.25, 0.3) is 0 Å². The first-order valence-electron chi connectivity index (χ1n) is 12.7. The minimum Gasteiger partial charge on any atom is -0.385 e. The van der Waals surface area contributed by atoms with Crippen molar-refractivity contribution in [3.63, 3.8) is 0 Å². The molecular formula is C28H38BrN3O. The van der Waals surface area contributed by atoms with E-state index in [1.54, 1.807) is 0 Å². The standard InChI is InChI=1S/C28H38BrN3O/c29-26-13-14-27-25(20-26)22-32(28(33)15-12-23-8-3-1-4-9-23)19-18-31(17-7-16-30-27)21-24-10-5-2-6-11-24/h2,5-6,10-11,13-14,20,23,30H,1,3-4,7-9,12,15-19,21-22H2. The van der Waals surface area contributed by atoms with Crippen LogP contribution in [0.1, 0.15) is 62.5 Å². The van der Waals surface area contributed by atoms with Crippen molar-refractivity contribution in [1.29, 1.82) is 0 Å². The molecule has 1 aliphatic carbocycles. The fraction of sp³-hybridized carbons (Fsp3) is 0.536. The normalized spacial score (nSPS) is 18.8. The Balaban J connectivity index is 1.47. The van der Waals surface area contributed by atoms with Crippen molar-refractivity contribution < 1.29 is 4.79 Å². The van der Waals surface area contributed by atoms with Gasteiger partial charge >= 0.3 is 0 Å². The number of rotatable bonds is 5. The predicted molar refractivity (Wildman–Crippen MR) is 140 cm³/mol. The number of carbonyl (C=O) groups excluding carboxylic acids is 1. The molecule has 0 spiro atoms. The summed E-state index contributed by atoms with van der Waals surface area (Å²) in [6, 6.07) is 17.1.